The predicted octanol–water partition coefficient (Wildman–Crippen LogP) is 3.80. The molecule has 26 heavy (non-hydrogen) atoms. The number of carbonyl (C=O) groups excluding carboxylic acids is 1. The Bertz CT molecular complexity index is 938. The van der Waals surface area contributed by atoms with Crippen molar-refractivity contribution >= 4 is 38.9 Å². The number of halogens is 1. The first kappa shape index (κ1) is 19.4. The van der Waals surface area contributed by atoms with Gasteiger partial charge in [-0.3, -0.25) is 4.79 Å². The van der Waals surface area contributed by atoms with Gasteiger partial charge in [0.25, 0.3) is 5.91 Å². The van der Waals surface area contributed by atoms with Crippen LogP contribution in [0.4, 0.5) is 0 Å². The van der Waals surface area contributed by atoms with Crippen molar-refractivity contribution in [2.24, 2.45) is 0 Å². The van der Waals surface area contributed by atoms with E-state index in [0.29, 0.717) is 12.1 Å². The molecule has 1 aromatic heterocycles. The number of thiophene rings is 1. The van der Waals surface area contributed by atoms with Crippen molar-refractivity contribution in [2.45, 2.75) is 30.7 Å². The first-order valence-corrected chi connectivity index (χ1v) is 11.1. The minimum atomic E-state index is -3.72. The van der Waals surface area contributed by atoms with Gasteiger partial charge in [0.15, 0.2) is 0 Å². The Labute approximate surface area is 163 Å². The molecular weight excluding hydrogens is 392 g/mol. The Balaban J connectivity index is 1.99. The second kappa shape index (κ2) is 7.31. The standard InChI is InChI=1S/C18H21ClN2O3S2/c1-4-15-13-8-10-25-16(13)7-9-21(15)18(22)12-5-6-14(19)17(11-12)26(23,24)20(2)3/h5-6,8,10-11,15H,4,7,9H2,1-3H3. The summed E-state index contributed by atoms with van der Waals surface area (Å²) in [7, 11) is -0.840. The monoisotopic (exact) mass is 412 g/mol. The van der Waals surface area contributed by atoms with Gasteiger partial charge in [-0.05, 0) is 48.1 Å². The molecule has 2 heterocycles. The summed E-state index contributed by atoms with van der Waals surface area (Å²) in [5, 5.41) is 2.17. The van der Waals surface area contributed by atoms with E-state index in [0.717, 1.165) is 17.1 Å². The van der Waals surface area contributed by atoms with Crippen LogP contribution in [-0.2, 0) is 16.4 Å². The summed E-state index contributed by atoms with van der Waals surface area (Å²) in [5.74, 6) is -0.166. The Morgan fingerprint density at radius 3 is 2.73 bits per heavy atom. The van der Waals surface area contributed by atoms with Crippen molar-refractivity contribution < 1.29 is 13.2 Å². The van der Waals surface area contributed by atoms with Crippen LogP contribution in [-0.4, -0.2) is 44.2 Å². The van der Waals surface area contributed by atoms with Crippen LogP contribution in [0.15, 0.2) is 34.5 Å². The van der Waals surface area contributed by atoms with Gasteiger partial charge in [-0.2, -0.15) is 0 Å². The molecule has 1 amide bonds. The molecule has 0 spiro atoms. The van der Waals surface area contributed by atoms with Gasteiger partial charge in [-0.15, -0.1) is 11.3 Å². The molecular formula is C18H21ClN2O3S2. The van der Waals surface area contributed by atoms with Gasteiger partial charge in [0.1, 0.15) is 4.90 Å². The number of fused-ring (bicyclic) bond motifs is 1. The zero-order valence-electron chi connectivity index (χ0n) is 14.9. The van der Waals surface area contributed by atoms with Crippen LogP contribution >= 0.6 is 22.9 Å². The molecule has 1 unspecified atom stereocenters. The minimum Gasteiger partial charge on any atom is -0.331 e. The van der Waals surface area contributed by atoms with Crippen molar-refractivity contribution in [3.8, 4) is 0 Å². The van der Waals surface area contributed by atoms with E-state index < -0.39 is 10.0 Å². The molecule has 1 atom stereocenters. The maximum atomic E-state index is 13.1. The van der Waals surface area contributed by atoms with Crippen molar-refractivity contribution in [1.29, 1.82) is 0 Å². The molecule has 0 bridgehead atoms. The molecule has 140 valence electrons. The molecule has 0 aliphatic carbocycles. The molecule has 0 fully saturated rings. The number of hydrogen-bond donors (Lipinski definition) is 0. The lowest BCUT2D eigenvalue weighted by atomic mass is 9.97. The predicted molar refractivity (Wildman–Crippen MR) is 104 cm³/mol. The fourth-order valence-electron chi connectivity index (χ4n) is 3.28. The summed E-state index contributed by atoms with van der Waals surface area (Å²) in [5.41, 5.74) is 1.54. The topological polar surface area (TPSA) is 57.7 Å². The number of rotatable bonds is 4. The lowest BCUT2D eigenvalue weighted by molar-refractivity contribution is 0.0657. The Hall–Kier alpha value is -1.41. The van der Waals surface area contributed by atoms with E-state index >= 15 is 0 Å². The fraction of sp³-hybridized carbons (Fsp3) is 0.389. The summed E-state index contributed by atoms with van der Waals surface area (Å²) < 4.78 is 26.0. The van der Waals surface area contributed by atoms with E-state index in [1.165, 1.54) is 36.7 Å². The average molecular weight is 413 g/mol. The third-order valence-corrected chi connectivity index (χ3v) is 7.97. The van der Waals surface area contributed by atoms with E-state index in [-0.39, 0.29) is 21.9 Å². The van der Waals surface area contributed by atoms with Gasteiger partial charge >= 0.3 is 0 Å². The fourth-order valence-corrected chi connectivity index (χ4v) is 5.60. The SMILES string of the molecule is CCC1c2ccsc2CCN1C(=O)c1ccc(Cl)c(S(=O)(=O)N(C)C)c1. The lowest BCUT2D eigenvalue weighted by Gasteiger charge is -2.35. The molecule has 3 rings (SSSR count). The number of amides is 1. The van der Waals surface area contributed by atoms with Crippen LogP contribution in [0.2, 0.25) is 5.02 Å². The van der Waals surface area contributed by atoms with Crippen LogP contribution in [0.3, 0.4) is 0 Å². The number of hydrogen-bond acceptors (Lipinski definition) is 4. The average Bonchev–Trinajstić information content (AvgIpc) is 3.09. The number of benzene rings is 1. The van der Waals surface area contributed by atoms with Gasteiger partial charge in [0, 0.05) is 31.1 Å². The third kappa shape index (κ3) is 3.29. The van der Waals surface area contributed by atoms with Crippen LogP contribution in [0.1, 0.15) is 40.2 Å². The van der Waals surface area contributed by atoms with Crippen LogP contribution in [0.5, 0.6) is 0 Å². The quantitative estimate of drug-likeness (QED) is 0.767. The highest BCUT2D eigenvalue weighted by Gasteiger charge is 2.32. The highest BCUT2D eigenvalue weighted by Crippen LogP contribution is 2.36. The van der Waals surface area contributed by atoms with Crippen molar-refractivity contribution in [2.75, 3.05) is 20.6 Å². The van der Waals surface area contributed by atoms with E-state index in [9.17, 15) is 13.2 Å². The van der Waals surface area contributed by atoms with E-state index in [1.54, 1.807) is 17.4 Å². The molecule has 5 nitrogen and oxygen atoms in total. The van der Waals surface area contributed by atoms with Gasteiger partial charge in [0.05, 0.1) is 11.1 Å². The minimum absolute atomic E-state index is 0.0158. The summed E-state index contributed by atoms with van der Waals surface area (Å²) in [4.78, 5) is 16.3. The number of carbonyl (C=O) groups is 1. The molecule has 1 aliphatic rings. The molecule has 1 aromatic carbocycles. The maximum absolute atomic E-state index is 13.1. The van der Waals surface area contributed by atoms with Crippen LogP contribution in [0.25, 0.3) is 0 Å². The third-order valence-electron chi connectivity index (χ3n) is 4.68. The lowest BCUT2D eigenvalue weighted by Crippen LogP contribution is -2.39. The van der Waals surface area contributed by atoms with Crippen LogP contribution in [0, 0.1) is 0 Å². The molecule has 2 aromatic rings. The van der Waals surface area contributed by atoms with Gasteiger partial charge in [-0.1, -0.05) is 18.5 Å². The highest BCUT2D eigenvalue weighted by molar-refractivity contribution is 7.89. The van der Waals surface area contributed by atoms with E-state index in [1.807, 2.05) is 4.90 Å². The van der Waals surface area contributed by atoms with Crippen molar-refractivity contribution in [3.63, 3.8) is 0 Å². The van der Waals surface area contributed by atoms with Gasteiger partial charge < -0.3 is 4.90 Å². The highest BCUT2D eigenvalue weighted by atomic mass is 35.5. The molecule has 0 saturated carbocycles. The van der Waals surface area contributed by atoms with E-state index in [4.69, 9.17) is 11.6 Å². The Morgan fingerprint density at radius 1 is 1.35 bits per heavy atom. The maximum Gasteiger partial charge on any atom is 0.254 e. The second-order valence-electron chi connectivity index (χ2n) is 6.40. The first-order valence-electron chi connectivity index (χ1n) is 8.36. The molecule has 0 radical (unpaired) electrons. The summed E-state index contributed by atoms with van der Waals surface area (Å²) in [6.07, 6.45) is 1.64. The smallest absolute Gasteiger partial charge is 0.254 e. The van der Waals surface area contributed by atoms with Crippen molar-refractivity contribution in [1.82, 2.24) is 9.21 Å². The van der Waals surface area contributed by atoms with Crippen molar-refractivity contribution in [3.05, 3.63) is 50.7 Å². The summed E-state index contributed by atoms with van der Waals surface area (Å²) in [6, 6.07) is 6.55. The first-order chi connectivity index (χ1) is 12.3. The van der Waals surface area contributed by atoms with Crippen LogP contribution < -0.4 is 0 Å². The number of sulfonamides is 1. The molecule has 8 heteroatoms. The zero-order valence-corrected chi connectivity index (χ0v) is 17.3. The summed E-state index contributed by atoms with van der Waals surface area (Å²) >= 11 is 7.82. The second-order valence-corrected chi connectivity index (χ2v) is 9.93. The van der Waals surface area contributed by atoms with Gasteiger partial charge in [-0.25, -0.2) is 12.7 Å². The molecule has 0 N–H and O–H groups in total. The Kier molecular flexibility index (Phi) is 5.44. The normalized spacial score (nSPS) is 17.4. The Morgan fingerprint density at radius 2 is 2.08 bits per heavy atom. The largest absolute Gasteiger partial charge is 0.331 e. The molecule has 1 aliphatic heterocycles. The molecule has 0 saturated heterocycles. The van der Waals surface area contributed by atoms with Gasteiger partial charge in [0.2, 0.25) is 10.0 Å². The van der Waals surface area contributed by atoms with E-state index in [2.05, 4.69) is 18.4 Å². The number of nitrogens with zero attached hydrogens (tertiary/aromatic N) is 2. The zero-order chi connectivity index (χ0) is 19.1. The summed E-state index contributed by atoms with van der Waals surface area (Å²) in [6.45, 7) is 2.69.